The SMILES string of the molecule is CC[C@H](CNC(=O)CCn1nc(-c2cccs2)oc1=O)c1ccccc1. The van der Waals surface area contributed by atoms with Crippen LogP contribution in [0, 0.1) is 0 Å². The summed E-state index contributed by atoms with van der Waals surface area (Å²) in [6, 6.07) is 13.8. The summed E-state index contributed by atoms with van der Waals surface area (Å²) in [4.78, 5) is 24.8. The van der Waals surface area contributed by atoms with Crippen LogP contribution in [-0.4, -0.2) is 22.2 Å². The average molecular weight is 371 g/mol. The first-order chi connectivity index (χ1) is 12.7. The van der Waals surface area contributed by atoms with E-state index in [0.29, 0.717) is 12.4 Å². The fraction of sp³-hybridized carbons (Fsp3) is 0.316. The Hall–Kier alpha value is -2.67. The molecule has 26 heavy (non-hydrogen) atoms. The summed E-state index contributed by atoms with van der Waals surface area (Å²) in [5, 5.41) is 8.98. The first-order valence-electron chi connectivity index (χ1n) is 8.61. The molecule has 3 rings (SSSR count). The van der Waals surface area contributed by atoms with Crippen LogP contribution in [0.15, 0.2) is 57.1 Å². The normalized spacial score (nSPS) is 12.0. The minimum Gasteiger partial charge on any atom is -0.387 e. The van der Waals surface area contributed by atoms with Crippen LogP contribution < -0.4 is 11.1 Å². The van der Waals surface area contributed by atoms with E-state index in [2.05, 4.69) is 29.5 Å². The van der Waals surface area contributed by atoms with Crippen LogP contribution in [0.3, 0.4) is 0 Å². The van der Waals surface area contributed by atoms with E-state index in [0.717, 1.165) is 11.3 Å². The summed E-state index contributed by atoms with van der Waals surface area (Å²) >= 11 is 1.45. The summed E-state index contributed by atoms with van der Waals surface area (Å²) in [5.41, 5.74) is 1.21. The Balaban J connectivity index is 1.52. The first kappa shape index (κ1) is 18.1. The number of nitrogens with zero attached hydrogens (tertiary/aromatic N) is 2. The van der Waals surface area contributed by atoms with Crippen molar-refractivity contribution in [3.05, 3.63) is 64.0 Å². The van der Waals surface area contributed by atoms with Gasteiger partial charge in [0.05, 0.1) is 11.4 Å². The second-order valence-corrected chi connectivity index (χ2v) is 6.89. The van der Waals surface area contributed by atoms with Crippen molar-refractivity contribution in [2.24, 2.45) is 0 Å². The monoisotopic (exact) mass is 371 g/mol. The molecule has 0 spiro atoms. The van der Waals surface area contributed by atoms with Crippen LogP contribution in [0.25, 0.3) is 10.8 Å². The highest BCUT2D eigenvalue weighted by molar-refractivity contribution is 7.13. The number of aromatic nitrogens is 2. The van der Waals surface area contributed by atoms with Gasteiger partial charge in [0.1, 0.15) is 0 Å². The lowest BCUT2D eigenvalue weighted by atomic mass is 9.96. The summed E-state index contributed by atoms with van der Waals surface area (Å²) in [5.74, 6) is -0.0789. The Kier molecular flexibility index (Phi) is 6.01. The third-order valence-electron chi connectivity index (χ3n) is 4.20. The second-order valence-electron chi connectivity index (χ2n) is 5.94. The van der Waals surface area contributed by atoms with Crippen molar-refractivity contribution in [1.82, 2.24) is 15.1 Å². The molecule has 0 radical (unpaired) electrons. The predicted octanol–water partition coefficient (Wildman–Crippen LogP) is 3.26. The molecule has 0 saturated heterocycles. The molecular formula is C19H21N3O3S. The molecule has 1 aromatic carbocycles. The van der Waals surface area contributed by atoms with Gasteiger partial charge in [0.25, 0.3) is 5.89 Å². The van der Waals surface area contributed by atoms with Crippen molar-refractivity contribution in [2.75, 3.05) is 6.54 Å². The number of aryl methyl sites for hydroxylation is 1. The molecule has 136 valence electrons. The molecule has 0 aliphatic heterocycles. The topological polar surface area (TPSA) is 77.1 Å². The molecule has 0 fully saturated rings. The third kappa shape index (κ3) is 4.49. The lowest BCUT2D eigenvalue weighted by molar-refractivity contribution is -0.121. The number of thiophene rings is 1. The number of hydrogen-bond acceptors (Lipinski definition) is 5. The van der Waals surface area contributed by atoms with Crippen molar-refractivity contribution in [1.29, 1.82) is 0 Å². The van der Waals surface area contributed by atoms with E-state index < -0.39 is 5.76 Å². The zero-order chi connectivity index (χ0) is 18.4. The number of hydrogen-bond donors (Lipinski definition) is 1. The zero-order valence-corrected chi connectivity index (χ0v) is 15.4. The van der Waals surface area contributed by atoms with Gasteiger partial charge in [-0.1, -0.05) is 43.3 Å². The number of rotatable bonds is 8. The highest BCUT2D eigenvalue weighted by Gasteiger charge is 2.14. The van der Waals surface area contributed by atoms with E-state index in [1.165, 1.54) is 21.6 Å². The molecule has 0 unspecified atom stereocenters. The minimum atomic E-state index is -0.545. The Bertz CT molecular complexity index is 884. The van der Waals surface area contributed by atoms with E-state index in [1.54, 1.807) is 0 Å². The van der Waals surface area contributed by atoms with Gasteiger partial charge in [-0.25, -0.2) is 4.79 Å². The molecule has 6 nitrogen and oxygen atoms in total. The number of amides is 1. The molecule has 0 aliphatic carbocycles. The van der Waals surface area contributed by atoms with E-state index >= 15 is 0 Å². The van der Waals surface area contributed by atoms with E-state index in [1.807, 2.05) is 35.7 Å². The highest BCUT2D eigenvalue weighted by atomic mass is 32.1. The Morgan fingerprint density at radius 2 is 2.08 bits per heavy atom. The van der Waals surface area contributed by atoms with Crippen LogP contribution >= 0.6 is 11.3 Å². The van der Waals surface area contributed by atoms with Crippen molar-refractivity contribution in [3.63, 3.8) is 0 Å². The molecule has 1 atom stereocenters. The fourth-order valence-corrected chi connectivity index (χ4v) is 3.35. The lowest BCUT2D eigenvalue weighted by Crippen LogP contribution is -2.30. The molecule has 3 aromatic rings. The summed E-state index contributed by atoms with van der Waals surface area (Å²) in [6.45, 7) is 2.88. The van der Waals surface area contributed by atoms with Crippen molar-refractivity contribution in [2.45, 2.75) is 32.2 Å². The number of carbonyl (C=O) groups excluding carboxylic acids is 1. The molecule has 0 aliphatic rings. The fourth-order valence-electron chi connectivity index (χ4n) is 2.70. The van der Waals surface area contributed by atoms with E-state index in [9.17, 15) is 9.59 Å². The largest absolute Gasteiger partial charge is 0.437 e. The molecule has 1 amide bonds. The minimum absolute atomic E-state index is 0.105. The van der Waals surface area contributed by atoms with Gasteiger partial charge in [-0.15, -0.1) is 16.4 Å². The molecule has 1 N–H and O–H groups in total. The molecule has 0 saturated carbocycles. The zero-order valence-electron chi connectivity index (χ0n) is 14.6. The highest BCUT2D eigenvalue weighted by Crippen LogP contribution is 2.21. The van der Waals surface area contributed by atoms with Crippen LogP contribution in [0.4, 0.5) is 0 Å². The molecule has 2 heterocycles. The van der Waals surface area contributed by atoms with Gasteiger partial charge < -0.3 is 9.73 Å². The number of carbonyl (C=O) groups is 1. The van der Waals surface area contributed by atoms with Gasteiger partial charge in [-0.3, -0.25) is 4.79 Å². The molecule has 7 heteroatoms. The lowest BCUT2D eigenvalue weighted by Gasteiger charge is -2.16. The maximum Gasteiger partial charge on any atom is 0.437 e. The Morgan fingerprint density at radius 1 is 1.27 bits per heavy atom. The summed E-state index contributed by atoms with van der Waals surface area (Å²) < 4.78 is 6.34. The Labute approximate surface area is 155 Å². The van der Waals surface area contributed by atoms with Crippen LogP contribution in [0.5, 0.6) is 0 Å². The molecule has 0 bridgehead atoms. The van der Waals surface area contributed by atoms with Crippen molar-refractivity contribution < 1.29 is 9.21 Å². The van der Waals surface area contributed by atoms with Crippen molar-refractivity contribution >= 4 is 17.2 Å². The second kappa shape index (κ2) is 8.62. The summed E-state index contributed by atoms with van der Waals surface area (Å²) in [6.07, 6.45) is 1.12. The van der Waals surface area contributed by atoms with Gasteiger partial charge in [0.15, 0.2) is 0 Å². The van der Waals surface area contributed by atoms with Crippen LogP contribution in [0.2, 0.25) is 0 Å². The van der Waals surface area contributed by atoms with E-state index in [4.69, 9.17) is 4.42 Å². The van der Waals surface area contributed by atoms with Gasteiger partial charge >= 0.3 is 5.76 Å². The van der Waals surface area contributed by atoms with E-state index in [-0.39, 0.29) is 24.8 Å². The van der Waals surface area contributed by atoms with Crippen LogP contribution in [0.1, 0.15) is 31.2 Å². The van der Waals surface area contributed by atoms with Gasteiger partial charge in [-0.2, -0.15) is 4.68 Å². The van der Waals surface area contributed by atoms with Gasteiger partial charge in [0.2, 0.25) is 5.91 Å². The molecular weight excluding hydrogens is 350 g/mol. The Morgan fingerprint density at radius 3 is 2.77 bits per heavy atom. The quantitative estimate of drug-likeness (QED) is 0.659. The first-order valence-corrected chi connectivity index (χ1v) is 9.48. The maximum atomic E-state index is 12.1. The van der Waals surface area contributed by atoms with Crippen molar-refractivity contribution in [3.8, 4) is 10.8 Å². The average Bonchev–Trinajstić information content (AvgIpc) is 3.31. The standard InChI is InChI=1S/C19H21N3O3S/c1-2-14(15-7-4-3-5-8-15)13-20-17(23)10-11-22-19(24)25-18(21-22)16-9-6-12-26-16/h3-9,12,14H,2,10-11,13H2,1H3,(H,20,23)/t14-/m1/s1. The summed E-state index contributed by atoms with van der Waals surface area (Å²) in [7, 11) is 0. The molecule has 2 aromatic heterocycles. The smallest absolute Gasteiger partial charge is 0.387 e. The third-order valence-corrected chi connectivity index (χ3v) is 5.06. The van der Waals surface area contributed by atoms with Gasteiger partial charge in [0, 0.05) is 18.9 Å². The number of benzene rings is 1. The predicted molar refractivity (Wildman–Crippen MR) is 101 cm³/mol. The van der Waals surface area contributed by atoms with Crippen LogP contribution in [-0.2, 0) is 11.3 Å². The maximum absolute atomic E-state index is 12.1. The van der Waals surface area contributed by atoms with Gasteiger partial charge in [-0.05, 0) is 23.4 Å². The number of nitrogens with one attached hydrogen (secondary N) is 1.